The zero-order valence-electron chi connectivity index (χ0n) is 12.6. The van der Waals surface area contributed by atoms with E-state index in [0.717, 1.165) is 23.2 Å². The van der Waals surface area contributed by atoms with Gasteiger partial charge in [-0.1, -0.05) is 32.9 Å². The van der Waals surface area contributed by atoms with Crippen LogP contribution in [0.1, 0.15) is 32.0 Å². The maximum Gasteiger partial charge on any atom is 0.128 e. The average molecular weight is 275 g/mol. The van der Waals surface area contributed by atoms with Crippen molar-refractivity contribution in [3.05, 3.63) is 41.5 Å². The van der Waals surface area contributed by atoms with Gasteiger partial charge in [-0.25, -0.2) is 4.39 Å². The Hall–Kier alpha value is -1.68. The van der Waals surface area contributed by atoms with Gasteiger partial charge in [0.2, 0.25) is 0 Å². The van der Waals surface area contributed by atoms with E-state index in [2.05, 4.69) is 31.2 Å². The molecule has 108 valence electrons. The summed E-state index contributed by atoms with van der Waals surface area (Å²) in [5.41, 5.74) is 3.60. The Bertz CT molecular complexity index is 587. The molecule has 1 aromatic heterocycles. The molecule has 0 atom stereocenters. The number of halogens is 1. The van der Waals surface area contributed by atoms with Crippen LogP contribution in [-0.4, -0.2) is 15.8 Å². The molecule has 1 aromatic carbocycles. The minimum Gasteiger partial charge on any atom is -0.310 e. The Balaban J connectivity index is 2.28. The minimum atomic E-state index is -0.165. The lowest BCUT2D eigenvalue weighted by Gasteiger charge is -2.10. The van der Waals surface area contributed by atoms with Crippen molar-refractivity contribution >= 4 is 0 Å². The Morgan fingerprint density at radius 1 is 1.35 bits per heavy atom. The standard InChI is InChI=1S/C16H22FN3/c1-5-16-14(10-20(4)19-16)12-6-7-13(15(17)8-12)9-18-11(2)3/h6-8,10-11,18H,5,9H2,1-4H3. The number of hydrogen-bond acceptors (Lipinski definition) is 2. The van der Waals surface area contributed by atoms with Crippen LogP contribution in [-0.2, 0) is 20.0 Å². The Labute approximate surface area is 119 Å². The fourth-order valence-electron chi connectivity index (χ4n) is 2.21. The van der Waals surface area contributed by atoms with E-state index in [4.69, 9.17) is 0 Å². The molecular weight excluding hydrogens is 253 g/mol. The first-order chi connectivity index (χ1) is 9.51. The van der Waals surface area contributed by atoms with Crippen LogP contribution >= 0.6 is 0 Å². The first-order valence-electron chi connectivity index (χ1n) is 7.06. The van der Waals surface area contributed by atoms with E-state index in [1.54, 1.807) is 10.7 Å². The van der Waals surface area contributed by atoms with Crippen LogP contribution in [0.5, 0.6) is 0 Å². The van der Waals surface area contributed by atoms with Crippen LogP contribution in [0.25, 0.3) is 11.1 Å². The van der Waals surface area contributed by atoms with Crippen molar-refractivity contribution in [1.29, 1.82) is 0 Å². The molecule has 0 aliphatic rings. The molecule has 1 heterocycles. The van der Waals surface area contributed by atoms with Crippen LogP contribution in [0.4, 0.5) is 4.39 Å². The second-order valence-electron chi connectivity index (χ2n) is 5.36. The number of aromatic nitrogens is 2. The molecule has 0 aliphatic heterocycles. The zero-order valence-corrected chi connectivity index (χ0v) is 12.6. The molecule has 0 unspecified atom stereocenters. The van der Waals surface area contributed by atoms with E-state index in [1.807, 2.05) is 25.4 Å². The highest BCUT2D eigenvalue weighted by atomic mass is 19.1. The summed E-state index contributed by atoms with van der Waals surface area (Å²) in [5.74, 6) is -0.165. The highest BCUT2D eigenvalue weighted by Gasteiger charge is 2.11. The van der Waals surface area contributed by atoms with Gasteiger partial charge in [0.15, 0.2) is 0 Å². The molecule has 2 rings (SSSR count). The van der Waals surface area contributed by atoms with Crippen molar-refractivity contribution in [3.63, 3.8) is 0 Å². The quantitative estimate of drug-likeness (QED) is 0.907. The molecule has 0 saturated heterocycles. The Morgan fingerprint density at radius 2 is 2.10 bits per heavy atom. The lowest BCUT2D eigenvalue weighted by atomic mass is 10.0. The highest BCUT2D eigenvalue weighted by Crippen LogP contribution is 2.25. The smallest absolute Gasteiger partial charge is 0.128 e. The zero-order chi connectivity index (χ0) is 14.7. The maximum absolute atomic E-state index is 14.2. The predicted octanol–water partition coefficient (Wildman–Crippen LogP) is 3.29. The van der Waals surface area contributed by atoms with Crippen molar-refractivity contribution < 1.29 is 4.39 Å². The third-order valence-corrected chi connectivity index (χ3v) is 3.31. The topological polar surface area (TPSA) is 29.9 Å². The van der Waals surface area contributed by atoms with Gasteiger partial charge in [-0.3, -0.25) is 4.68 Å². The average Bonchev–Trinajstić information content (AvgIpc) is 2.78. The van der Waals surface area contributed by atoms with Gasteiger partial charge in [0.1, 0.15) is 5.82 Å². The van der Waals surface area contributed by atoms with Crippen LogP contribution in [0.2, 0.25) is 0 Å². The van der Waals surface area contributed by atoms with Gasteiger partial charge in [0, 0.05) is 37.0 Å². The van der Waals surface area contributed by atoms with E-state index < -0.39 is 0 Å². The SMILES string of the molecule is CCc1nn(C)cc1-c1ccc(CNC(C)C)c(F)c1. The summed E-state index contributed by atoms with van der Waals surface area (Å²) in [6, 6.07) is 5.77. The summed E-state index contributed by atoms with van der Waals surface area (Å²) in [6.45, 7) is 6.71. The first-order valence-corrected chi connectivity index (χ1v) is 7.06. The third kappa shape index (κ3) is 3.25. The molecule has 0 fully saturated rings. The lowest BCUT2D eigenvalue weighted by molar-refractivity contribution is 0.553. The molecule has 0 aliphatic carbocycles. The molecule has 1 N–H and O–H groups in total. The van der Waals surface area contributed by atoms with Gasteiger partial charge in [-0.2, -0.15) is 5.10 Å². The van der Waals surface area contributed by atoms with E-state index >= 15 is 0 Å². The van der Waals surface area contributed by atoms with Gasteiger partial charge in [-0.05, 0) is 18.1 Å². The molecule has 4 heteroatoms. The van der Waals surface area contributed by atoms with Crippen LogP contribution < -0.4 is 5.32 Å². The monoisotopic (exact) mass is 275 g/mol. The molecular formula is C16H22FN3. The van der Waals surface area contributed by atoms with Gasteiger partial charge >= 0.3 is 0 Å². The van der Waals surface area contributed by atoms with Crippen molar-refractivity contribution in [1.82, 2.24) is 15.1 Å². The van der Waals surface area contributed by atoms with Crippen LogP contribution in [0.3, 0.4) is 0 Å². The third-order valence-electron chi connectivity index (χ3n) is 3.31. The predicted molar refractivity (Wildman–Crippen MR) is 80.0 cm³/mol. The van der Waals surface area contributed by atoms with E-state index in [-0.39, 0.29) is 5.82 Å². The summed E-state index contributed by atoms with van der Waals surface area (Å²) in [5, 5.41) is 7.63. The summed E-state index contributed by atoms with van der Waals surface area (Å²) >= 11 is 0. The van der Waals surface area contributed by atoms with Crippen molar-refractivity contribution in [2.75, 3.05) is 0 Å². The van der Waals surface area contributed by atoms with E-state index in [9.17, 15) is 4.39 Å². The second-order valence-corrected chi connectivity index (χ2v) is 5.36. The normalized spacial score (nSPS) is 11.3. The van der Waals surface area contributed by atoms with E-state index in [1.165, 1.54) is 0 Å². The molecule has 0 saturated carbocycles. The molecule has 0 amide bonds. The molecule has 0 radical (unpaired) electrons. The molecule has 0 spiro atoms. The molecule has 0 bridgehead atoms. The van der Waals surface area contributed by atoms with Gasteiger partial charge in [0.05, 0.1) is 5.69 Å². The summed E-state index contributed by atoms with van der Waals surface area (Å²) in [4.78, 5) is 0. The second kappa shape index (κ2) is 6.18. The first kappa shape index (κ1) is 14.7. The Kier molecular flexibility index (Phi) is 4.55. The van der Waals surface area contributed by atoms with Crippen molar-refractivity contribution in [2.45, 2.75) is 39.8 Å². The highest BCUT2D eigenvalue weighted by molar-refractivity contribution is 5.65. The number of nitrogens with zero attached hydrogens (tertiary/aromatic N) is 2. The number of nitrogens with one attached hydrogen (secondary N) is 1. The fraction of sp³-hybridized carbons (Fsp3) is 0.438. The van der Waals surface area contributed by atoms with Gasteiger partial charge in [0.25, 0.3) is 0 Å². The van der Waals surface area contributed by atoms with Gasteiger partial charge < -0.3 is 5.32 Å². The largest absolute Gasteiger partial charge is 0.310 e. The number of hydrogen-bond donors (Lipinski definition) is 1. The number of rotatable bonds is 5. The van der Waals surface area contributed by atoms with Crippen molar-refractivity contribution in [3.8, 4) is 11.1 Å². The fourth-order valence-corrected chi connectivity index (χ4v) is 2.21. The molecule has 2 aromatic rings. The van der Waals surface area contributed by atoms with Crippen LogP contribution in [0, 0.1) is 5.82 Å². The summed E-state index contributed by atoms with van der Waals surface area (Å²) in [6.07, 6.45) is 2.79. The number of benzene rings is 1. The maximum atomic E-state index is 14.2. The number of aryl methyl sites for hydroxylation is 2. The van der Waals surface area contributed by atoms with Crippen LogP contribution in [0.15, 0.2) is 24.4 Å². The lowest BCUT2D eigenvalue weighted by Crippen LogP contribution is -2.22. The molecule has 3 nitrogen and oxygen atoms in total. The van der Waals surface area contributed by atoms with E-state index in [0.29, 0.717) is 18.2 Å². The van der Waals surface area contributed by atoms with Crippen molar-refractivity contribution in [2.24, 2.45) is 7.05 Å². The summed E-state index contributed by atoms with van der Waals surface area (Å²) in [7, 11) is 1.89. The molecule has 20 heavy (non-hydrogen) atoms. The summed E-state index contributed by atoms with van der Waals surface area (Å²) < 4.78 is 15.9. The Morgan fingerprint density at radius 3 is 2.70 bits per heavy atom. The minimum absolute atomic E-state index is 0.165. The van der Waals surface area contributed by atoms with Gasteiger partial charge in [-0.15, -0.1) is 0 Å².